The third kappa shape index (κ3) is 3.09. The monoisotopic (exact) mass is 365 g/mol. The summed E-state index contributed by atoms with van der Waals surface area (Å²) < 4.78 is 0.588. The molecule has 0 radical (unpaired) electrons. The Labute approximate surface area is 132 Å². The zero-order valence-corrected chi connectivity index (χ0v) is 12.4. The van der Waals surface area contributed by atoms with Gasteiger partial charge in [0.05, 0.1) is 15.9 Å². The highest BCUT2D eigenvalue weighted by molar-refractivity contribution is 9.10. The van der Waals surface area contributed by atoms with Crippen LogP contribution < -0.4 is 5.73 Å². The first-order chi connectivity index (χ1) is 10.3. The second kappa shape index (κ2) is 5.90. The van der Waals surface area contributed by atoms with Crippen LogP contribution in [0.15, 0.2) is 40.9 Å². The minimum Gasteiger partial charge on any atom is -0.398 e. The van der Waals surface area contributed by atoms with Gasteiger partial charge in [-0.05, 0) is 18.2 Å². The van der Waals surface area contributed by atoms with Crippen molar-refractivity contribution in [2.45, 2.75) is 0 Å². The van der Waals surface area contributed by atoms with E-state index in [2.05, 4.69) is 15.9 Å². The number of nitrogens with two attached hydrogens (primary N) is 1. The first-order valence-corrected chi connectivity index (χ1v) is 6.62. The third-order valence-corrected chi connectivity index (χ3v) is 3.34. The molecule has 0 heterocycles. The molecule has 0 saturated heterocycles. The number of anilines is 1. The highest BCUT2D eigenvalue weighted by Gasteiger charge is 2.21. The smallest absolute Gasteiger partial charge is 0.277 e. The predicted octanol–water partition coefficient (Wildman–Crippen LogP) is 3.08. The summed E-state index contributed by atoms with van der Waals surface area (Å²) in [4.78, 5) is 32.5. The van der Waals surface area contributed by atoms with Crippen LogP contribution >= 0.6 is 15.9 Å². The van der Waals surface area contributed by atoms with Crippen LogP contribution in [0.25, 0.3) is 0 Å². The normalized spacial score (nSPS) is 10.2. The zero-order valence-electron chi connectivity index (χ0n) is 10.9. The highest BCUT2D eigenvalue weighted by atomic mass is 79.9. The standard InChI is InChI=1S/C13H8BrN3O5/c14-8-1-2-12(15)11(5-8)13(18)7-3-9(16(19)20)6-10(4-7)17(21)22/h1-6H,15H2. The lowest BCUT2D eigenvalue weighted by Gasteiger charge is -2.06. The topological polar surface area (TPSA) is 129 Å². The van der Waals surface area contributed by atoms with E-state index in [1.165, 1.54) is 12.1 Å². The molecule has 0 aliphatic carbocycles. The number of nitrogens with zero attached hydrogens (tertiary/aromatic N) is 2. The van der Waals surface area contributed by atoms with Gasteiger partial charge in [0.25, 0.3) is 11.4 Å². The molecule has 0 unspecified atom stereocenters. The molecule has 9 heteroatoms. The second-order valence-electron chi connectivity index (χ2n) is 4.31. The van der Waals surface area contributed by atoms with E-state index in [4.69, 9.17) is 5.73 Å². The summed E-state index contributed by atoms with van der Waals surface area (Å²) in [7, 11) is 0. The maximum Gasteiger partial charge on any atom is 0.277 e. The summed E-state index contributed by atoms with van der Waals surface area (Å²) in [5.74, 6) is -0.634. The lowest BCUT2D eigenvalue weighted by Crippen LogP contribution is -2.07. The van der Waals surface area contributed by atoms with Gasteiger partial charge in [-0.15, -0.1) is 0 Å². The van der Waals surface area contributed by atoms with Crippen LogP contribution in [0.1, 0.15) is 15.9 Å². The average molecular weight is 366 g/mol. The van der Waals surface area contributed by atoms with Crippen molar-refractivity contribution in [1.29, 1.82) is 0 Å². The number of ketones is 1. The number of nitro groups is 2. The number of halogens is 1. The van der Waals surface area contributed by atoms with Crippen LogP contribution in [0.3, 0.4) is 0 Å². The van der Waals surface area contributed by atoms with E-state index in [1.807, 2.05) is 0 Å². The summed E-state index contributed by atoms with van der Waals surface area (Å²) >= 11 is 3.19. The Bertz CT molecular complexity index is 774. The minimum absolute atomic E-state index is 0.101. The van der Waals surface area contributed by atoms with E-state index in [0.29, 0.717) is 4.47 Å². The van der Waals surface area contributed by atoms with Crippen molar-refractivity contribution in [1.82, 2.24) is 0 Å². The van der Waals surface area contributed by atoms with Crippen molar-refractivity contribution in [3.05, 3.63) is 72.2 Å². The Morgan fingerprint density at radius 2 is 1.55 bits per heavy atom. The van der Waals surface area contributed by atoms with Crippen LogP contribution in [0.2, 0.25) is 0 Å². The predicted molar refractivity (Wildman–Crippen MR) is 81.7 cm³/mol. The van der Waals surface area contributed by atoms with Crippen LogP contribution in [-0.4, -0.2) is 15.6 Å². The molecule has 0 aliphatic heterocycles. The third-order valence-electron chi connectivity index (χ3n) is 2.85. The molecule has 0 fully saturated rings. The quantitative estimate of drug-likeness (QED) is 0.383. The first kappa shape index (κ1) is 15.6. The number of hydrogen-bond acceptors (Lipinski definition) is 6. The Balaban J connectivity index is 2.60. The Kier molecular flexibility index (Phi) is 4.18. The SMILES string of the molecule is Nc1ccc(Br)cc1C(=O)c1cc([N+](=O)[O-])cc([N+](=O)[O-])c1. The van der Waals surface area contributed by atoms with E-state index in [-0.39, 0.29) is 16.8 Å². The molecule has 0 amide bonds. The molecule has 2 rings (SSSR count). The molecule has 22 heavy (non-hydrogen) atoms. The van der Waals surface area contributed by atoms with E-state index >= 15 is 0 Å². The molecule has 0 bridgehead atoms. The zero-order chi connectivity index (χ0) is 16.4. The fraction of sp³-hybridized carbons (Fsp3) is 0. The molecule has 0 aliphatic rings. The molecular formula is C13H8BrN3O5. The molecule has 0 spiro atoms. The van der Waals surface area contributed by atoms with Gasteiger partial charge in [0.15, 0.2) is 5.78 Å². The highest BCUT2D eigenvalue weighted by Crippen LogP contribution is 2.27. The van der Waals surface area contributed by atoms with Crippen LogP contribution in [0.4, 0.5) is 17.1 Å². The van der Waals surface area contributed by atoms with Gasteiger partial charge >= 0.3 is 0 Å². The van der Waals surface area contributed by atoms with Gasteiger partial charge in [0.2, 0.25) is 0 Å². The number of nitro benzene ring substituents is 2. The number of hydrogen-bond donors (Lipinski definition) is 1. The molecule has 112 valence electrons. The molecule has 0 saturated carbocycles. The van der Waals surface area contributed by atoms with E-state index in [9.17, 15) is 25.0 Å². The Morgan fingerprint density at radius 1 is 1.00 bits per heavy atom. The molecule has 8 nitrogen and oxygen atoms in total. The van der Waals surface area contributed by atoms with Gasteiger partial charge in [0, 0.05) is 33.4 Å². The van der Waals surface area contributed by atoms with E-state index in [0.717, 1.165) is 18.2 Å². The number of non-ortho nitro benzene ring substituents is 2. The van der Waals surface area contributed by atoms with Crippen molar-refractivity contribution in [2.75, 3.05) is 5.73 Å². The van der Waals surface area contributed by atoms with Crippen molar-refractivity contribution in [3.63, 3.8) is 0 Å². The van der Waals surface area contributed by atoms with E-state index in [1.54, 1.807) is 6.07 Å². The lowest BCUT2D eigenvalue weighted by atomic mass is 10.0. The van der Waals surface area contributed by atoms with Crippen LogP contribution in [-0.2, 0) is 0 Å². The van der Waals surface area contributed by atoms with Crippen molar-refractivity contribution in [3.8, 4) is 0 Å². The van der Waals surface area contributed by atoms with Gasteiger partial charge in [-0.25, -0.2) is 0 Å². The minimum atomic E-state index is -0.798. The van der Waals surface area contributed by atoms with Gasteiger partial charge in [-0.2, -0.15) is 0 Å². The van der Waals surface area contributed by atoms with Gasteiger partial charge < -0.3 is 5.73 Å². The number of rotatable bonds is 4. The molecule has 0 atom stereocenters. The van der Waals surface area contributed by atoms with Gasteiger partial charge in [-0.3, -0.25) is 25.0 Å². The van der Waals surface area contributed by atoms with Crippen molar-refractivity contribution < 1.29 is 14.6 Å². The molecule has 2 aromatic carbocycles. The largest absolute Gasteiger partial charge is 0.398 e. The molecular weight excluding hydrogens is 358 g/mol. The first-order valence-electron chi connectivity index (χ1n) is 5.83. The number of nitrogen functional groups attached to an aromatic ring is 1. The summed E-state index contributed by atoms with van der Waals surface area (Å²) in [6, 6.07) is 7.32. The Hall–Kier alpha value is -2.81. The summed E-state index contributed by atoms with van der Waals surface area (Å²) in [6.45, 7) is 0. The number of carbonyl (C=O) groups is 1. The molecule has 0 aromatic heterocycles. The maximum absolute atomic E-state index is 12.4. The lowest BCUT2D eigenvalue weighted by molar-refractivity contribution is -0.394. The van der Waals surface area contributed by atoms with Gasteiger partial charge in [0.1, 0.15) is 0 Å². The second-order valence-corrected chi connectivity index (χ2v) is 5.23. The van der Waals surface area contributed by atoms with Crippen molar-refractivity contribution >= 4 is 38.8 Å². The molecule has 2 aromatic rings. The fourth-order valence-electron chi connectivity index (χ4n) is 1.82. The number of benzene rings is 2. The maximum atomic E-state index is 12.4. The Morgan fingerprint density at radius 3 is 2.05 bits per heavy atom. The number of carbonyl (C=O) groups excluding carboxylic acids is 1. The van der Waals surface area contributed by atoms with Crippen molar-refractivity contribution in [2.24, 2.45) is 0 Å². The van der Waals surface area contributed by atoms with Gasteiger partial charge in [-0.1, -0.05) is 15.9 Å². The average Bonchev–Trinajstić information content (AvgIpc) is 2.48. The summed E-state index contributed by atoms with van der Waals surface area (Å²) in [6.07, 6.45) is 0. The summed E-state index contributed by atoms with van der Waals surface area (Å²) in [5, 5.41) is 21.7. The van der Waals surface area contributed by atoms with Crippen LogP contribution in [0.5, 0.6) is 0 Å². The molecule has 2 N–H and O–H groups in total. The van der Waals surface area contributed by atoms with Crippen LogP contribution in [0, 0.1) is 20.2 Å². The summed E-state index contributed by atoms with van der Waals surface area (Å²) in [5.41, 5.74) is 4.74. The van der Waals surface area contributed by atoms with E-state index < -0.39 is 27.0 Å². The fourth-order valence-corrected chi connectivity index (χ4v) is 2.18.